The molecule has 77 heavy (non-hydrogen) atoms. The molecule has 0 unspecified atom stereocenters. The summed E-state index contributed by atoms with van der Waals surface area (Å²) in [7, 11) is 0. The van der Waals surface area contributed by atoms with E-state index in [0.717, 1.165) is 0 Å². The fourth-order valence-corrected chi connectivity index (χ4v) is 25.5. The molecule has 4 aliphatic carbocycles. The van der Waals surface area contributed by atoms with E-state index < -0.39 is 0 Å². The molecule has 0 spiro atoms. The van der Waals surface area contributed by atoms with Gasteiger partial charge in [-0.2, -0.15) is 42.0 Å². The van der Waals surface area contributed by atoms with Crippen LogP contribution < -0.4 is 0 Å². The van der Waals surface area contributed by atoms with Crippen LogP contribution >= 0.6 is 0 Å². The minimum absolute atomic E-state index is 0. The molecule has 31 aromatic carbocycles. The molecule has 35 rings (SSSR count). The van der Waals surface area contributed by atoms with Crippen molar-refractivity contribution in [3.63, 3.8) is 0 Å². The third kappa shape index (κ3) is 1.86. The van der Waals surface area contributed by atoms with Crippen LogP contribution in [-0.4, -0.2) is 0 Å². The molecule has 31 aromatic rings. The first-order chi connectivity index (χ1) is 37.9. The maximum atomic E-state index is 2.66. The van der Waals surface area contributed by atoms with Crippen molar-refractivity contribution in [3.8, 4) is 11.1 Å². The van der Waals surface area contributed by atoms with E-state index in [-0.39, 0.29) is 28.4 Å². The fourth-order valence-electron chi connectivity index (χ4n) is 25.5. The van der Waals surface area contributed by atoms with Crippen molar-refractivity contribution in [1.29, 1.82) is 0 Å². The summed E-state index contributed by atoms with van der Waals surface area (Å²) in [5.41, 5.74) is 10.8. The Morgan fingerprint density at radius 3 is 0.740 bits per heavy atom. The number of benzene rings is 19. The van der Waals surface area contributed by atoms with Crippen molar-refractivity contribution in [2.45, 2.75) is 11.3 Å². The van der Waals surface area contributed by atoms with Gasteiger partial charge in [-0.1, -0.05) is 24.3 Å². The summed E-state index contributed by atoms with van der Waals surface area (Å²) in [5, 5.41) is 89.9. The monoisotopic (exact) mass is 982 g/mol. The van der Waals surface area contributed by atoms with E-state index >= 15 is 0 Å². The smallest absolute Gasteiger partial charge is 0.214 e. The summed E-state index contributed by atoms with van der Waals surface area (Å²) < 4.78 is 0. The van der Waals surface area contributed by atoms with Crippen LogP contribution in [0.3, 0.4) is 0 Å². The Labute approximate surface area is 434 Å². The van der Waals surface area contributed by atoms with Crippen LogP contribution in [0.15, 0.2) is 78.9 Å². The molecule has 4 aliphatic rings. The second-order valence-electron chi connectivity index (χ2n) is 26.8. The first kappa shape index (κ1) is 31.1. The second kappa shape index (κ2) is 7.57. The molecule has 0 amide bonds. The molecule has 0 aliphatic heterocycles. The maximum absolute atomic E-state index is 2.66. The SMILES string of the molecule is [Fe+2].c1c[cH-]c(-c2ccc(C34c5c6c7c8c9c%10c(c%11c%12c3c3c5c5c%13c6c6c7c7c9c9c%14c%10c%10c%11c%11c%12c%12c3c3c5c5c%13c%13c6c6c7c9c7c9c%14c%10c%10c%11c%11c%12c3c3c5c5c%13c6c7c6c9c%10c%11c3c56)C84)cc2)c1.c1cc[cH-]c1. The zero-order valence-electron chi connectivity index (χ0n) is 39.4. The Bertz CT molecular complexity index is 7560. The van der Waals surface area contributed by atoms with E-state index in [9.17, 15) is 0 Å². The number of hydrogen-bond acceptors (Lipinski definition) is 0. The Kier molecular flexibility index (Phi) is 3.05. The van der Waals surface area contributed by atoms with Gasteiger partial charge >= 0.3 is 17.1 Å². The van der Waals surface area contributed by atoms with Crippen molar-refractivity contribution in [2.75, 3.05) is 0 Å². The van der Waals surface area contributed by atoms with E-state index in [0.29, 0.717) is 0 Å². The van der Waals surface area contributed by atoms with E-state index in [1.165, 1.54) is 16.7 Å². The second-order valence-corrected chi connectivity index (χ2v) is 26.8. The molecule has 326 valence electrons. The first-order valence-corrected chi connectivity index (χ1v) is 28.2. The predicted molar refractivity (Wildman–Crippen MR) is 324 cm³/mol. The van der Waals surface area contributed by atoms with E-state index in [2.05, 4.69) is 48.5 Å². The van der Waals surface area contributed by atoms with Crippen molar-refractivity contribution in [3.05, 3.63) is 107 Å². The summed E-state index contributed by atoms with van der Waals surface area (Å²) in [4.78, 5) is 0. The van der Waals surface area contributed by atoms with Crippen LogP contribution in [0.4, 0.5) is 0 Å². The van der Waals surface area contributed by atoms with E-state index in [1.807, 2.05) is 30.3 Å². The van der Waals surface area contributed by atoms with Crippen LogP contribution in [0, 0.1) is 0 Å². The standard InChI is InChI=1S/C71H9.C5H5.Fe/c1-2-4-9(3-1)10-5-7-11(8-6-10)71-68-64-58-44-36-28-16-13-12-14-17(16)29-31-27-21(14)23-19-15(12)18-22-20(13)26-30(28)42(44)50-48-34(26)32(22)40-38-24(18)25(19)39-41-33(23)35(27)49-51-43(31)45(37(29)36)59(58)65(68)61(51)63-55(49)53(41)57-47(39)46(38)56-52(40)54(48)62(60(50)64)69(71)66(56)67(57)70(63)71;1-2-4-5-3-1;/h1-8,68H;1-5H;/q2*-1;+2. The number of rotatable bonds is 2. The molecule has 0 aromatic heterocycles. The van der Waals surface area contributed by atoms with Gasteiger partial charge in [0.2, 0.25) is 0 Å². The van der Waals surface area contributed by atoms with Crippen molar-refractivity contribution >= 4 is 291 Å². The minimum Gasteiger partial charge on any atom is -0.214 e. The summed E-state index contributed by atoms with van der Waals surface area (Å²) >= 11 is 0. The molecule has 0 atom stereocenters. The van der Waals surface area contributed by atoms with Gasteiger partial charge in [-0.3, -0.25) is 0 Å². The van der Waals surface area contributed by atoms with Gasteiger partial charge in [-0.05, 0) is 319 Å². The Hall–Kier alpha value is -9.10. The zero-order valence-corrected chi connectivity index (χ0v) is 40.5. The van der Waals surface area contributed by atoms with Gasteiger partial charge in [0.05, 0.1) is 5.41 Å². The molecule has 0 fully saturated rings. The average molecular weight is 983 g/mol. The first-order valence-electron chi connectivity index (χ1n) is 28.2. The molecule has 0 heterocycles. The van der Waals surface area contributed by atoms with E-state index in [4.69, 9.17) is 0 Å². The molecule has 0 bridgehead atoms. The average Bonchev–Trinajstić information content (AvgIpc) is 1.77. The molecule has 0 nitrogen and oxygen atoms in total. The van der Waals surface area contributed by atoms with Crippen LogP contribution in [-0.2, 0) is 22.5 Å². The molecular formula is C76H14Fe. The van der Waals surface area contributed by atoms with Crippen molar-refractivity contribution in [1.82, 2.24) is 0 Å². The zero-order chi connectivity index (χ0) is 45.5. The number of hydrogen-bond donors (Lipinski definition) is 0. The van der Waals surface area contributed by atoms with Crippen LogP contribution in [0.1, 0.15) is 33.7 Å². The molecule has 0 N–H and O–H groups in total. The molecule has 1 heteroatoms. The fraction of sp³-hybridized carbons (Fsp3) is 0.0263. The molecular weight excluding hydrogens is 969 g/mol. The van der Waals surface area contributed by atoms with Crippen LogP contribution in [0.2, 0.25) is 0 Å². The van der Waals surface area contributed by atoms with Gasteiger partial charge in [-0.25, -0.2) is 12.1 Å². The largest absolute Gasteiger partial charge is 2.00 e. The van der Waals surface area contributed by atoms with Gasteiger partial charge in [0.1, 0.15) is 0 Å². The quantitative estimate of drug-likeness (QED) is 0.0920. The summed E-state index contributed by atoms with van der Waals surface area (Å²) in [6.07, 6.45) is 0. The van der Waals surface area contributed by atoms with Crippen molar-refractivity contribution in [2.24, 2.45) is 0 Å². The summed E-state index contributed by atoms with van der Waals surface area (Å²) in [6.45, 7) is 0. The topological polar surface area (TPSA) is 0 Å². The van der Waals surface area contributed by atoms with Gasteiger partial charge < -0.3 is 0 Å². The minimum atomic E-state index is -0.351. The van der Waals surface area contributed by atoms with Crippen LogP contribution in [0.25, 0.3) is 302 Å². The maximum Gasteiger partial charge on any atom is 2.00 e. The summed E-state index contributed by atoms with van der Waals surface area (Å²) in [5.74, 6) is 0.220. The van der Waals surface area contributed by atoms with Gasteiger partial charge in [0.25, 0.3) is 0 Å². The van der Waals surface area contributed by atoms with Gasteiger partial charge in [-0.15, -0.1) is 11.6 Å². The molecule has 0 saturated carbocycles. The summed E-state index contributed by atoms with van der Waals surface area (Å²) in [6, 6.07) is 29.4. The van der Waals surface area contributed by atoms with Gasteiger partial charge in [0, 0.05) is 5.92 Å². The van der Waals surface area contributed by atoms with Crippen LogP contribution in [0.5, 0.6) is 0 Å². The third-order valence-electron chi connectivity index (χ3n) is 26.0. The Balaban J connectivity index is 0.000000564. The van der Waals surface area contributed by atoms with Crippen molar-refractivity contribution < 1.29 is 17.1 Å². The third-order valence-corrected chi connectivity index (χ3v) is 26.0. The Morgan fingerprint density at radius 2 is 0.494 bits per heavy atom. The normalized spacial score (nSPS) is 19.5. The molecule has 0 saturated heterocycles. The van der Waals surface area contributed by atoms with E-state index in [1.54, 1.807) is 313 Å². The van der Waals surface area contributed by atoms with Gasteiger partial charge in [0.15, 0.2) is 0 Å². The Morgan fingerprint density at radius 1 is 0.247 bits per heavy atom. The molecule has 0 radical (unpaired) electrons. The predicted octanol–water partition coefficient (Wildman–Crippen LogP) is 21.0.